The summed E-state index contributed by atoms with van der Waals surface area (Å²) in [4.78, 5) is 12.4. The predicted octanol–water partition coefficient (Wildman–Crippen LogP) is 0.150. The van der Waals surface area contributed by atoms with E-state index in [0.717, 1.165) is 4.90 Å². The monoisotopic (exact) mass is 225 g/mol. The molecule has 3 N–H and O–H groups in total. The maximum atomic E-state index is 11.7. The van der Waals surface area contributed by atoms with E-state index >= 15 is 0 Å². The maximum Gasteiger partial charge on any atom is 0.239 e. The molecular weight excluding hydrogens is 214 g/mol. The largest absolute Gasteiger partial charge is 0.395 e. The number of carbonyl (C=O) groups is 1. The number of aliphatic hydroxyl groups is 2. The second-order valence-corrected chi connectivity index (χ2v) is 4.10. The molecule has 1 heterocycles. The van der Waals surface area contributed by atoms with Gasteiger partial charge < -0.3 is 15.5 Å². The average Bonchev–Trinajstić information content (AvgIpc) is 2.49. The summed E-state index contributed by atoms with van der Waals surface area (Å²) in [6.45, 7) is -0.817. The van der Waals surface area contributed by atoms with E-state index in [2.05, 4.69) is 17.9 Å². The number of benzene rings is 1. The first-order valence-electron chi connectivity index (χ1n) is 4.51. The first kappa shape index (κ1) is 10.5. The van der Waals surface area contributed by atoms with Gasteiger partial charge in [-0.15, -0.1) is 12.6 Å². The minimum atomic E-state index is -1.21. The van der Waals surface area contributed by atoms with Crippen LogP contribution in [0.3, 0.4) is 0 Å². The number of anilines is 1. The van der Waals surface area contributed by atoms with Crippen molar-refractivity contribution in [1.29, 1.82) is 0 Å². The summed E-state index contributed by atoms with van der Waals surface area (Å²) in [7, 11) is 0. The van der Waals surface area contributed by atoms with Gasteiger partial charge in [0.15, 0.2) is 0 Å². The molecule has 0 saturated carbocycles. The van der Waals surface area contributed by atoms with Crippen LogP contribution in [-0.4, -0.2) is 29.3 Å². The van der Waals surface area contributed by atoms with Gasteiger partial charge in [0.25, 0.3) is 0 Å². The number of rotatable bonds is 2. The zero-order valence-corrected chi connectivity index (χ0v) is 8.79. The molecule has 0 atom stereocenters. The number of carbonyl (C=O) groups excluding carboxylic acids is 1. The zero-order chi connectivity index (χ0) is 11.1. The fraction of sp³-hybridized carbons (Fsp3) is 0.300. The van der Waals surface area contributed by atoms with Crippen LogP contribution in [0.1, 0.15) is 5.56 Å². The Kier molecular flexibility index (Phi) is 2.46. The fourth-order valence-electron chi connectivity index (χ4n) is 1.78. The lowest BCUT2D eigenvalue weighted by molar-refractivity contribution is -0.123. The molecule has 0 bridgehead atoms. The third-order valence-corrected chi connectivity index (χ3v) is 3.02. The van der Waals surface area contributed by atoms with Crippen molar-refractivity contribution in [2.24, 2.45) is 0 Å². The van der Waals surface area contributed by atoms with Crippen LogP contribution < -0.4 is 5.32 Å². The van der Waals surface area contributed by atoms with Crippen LogP contribution >= 0.6 is 12.6 Å². The lowest BCUT2D eigenvalue weighted by atomic mass is 9.83. The second kappa shape index (κ2) is 3.52. The van der Waals surface area contributed by atoms with Crippen LogP contribution in [-0.2, 0) is 10.2 Å². The standard InChI is InChI=1S/C10H11NO3S/c12-4-10(5-13)7-2-1-6(15)3-8(7)11-9(10)14/h1-3,12-13,15H,4-5H2,(H,11,14). The van der Waals surface area contributed by atoms with Gasteiger partial charge in [-0.1, -0.05) is 6.07 Å². The Morgan fingerprint density at radius 1 is 1.33 bits per heavy atom. The number of aliphatic hydroxyl groups excluding tert-OH is 2. The number of hydrogen-bond acceptors (Lipinski definition) is 4. The van der Waals surface area contributed by atoms with Crippen molar-refractivity contribution in [3.05, 3.63) is 23.8 Å². The van der Waals surface area contributed by atoms with E-state index in [9.17, 15) is 15.0 Å². The van der Waals surface area contributed by atoms with Gasteiger partial charge in [0, 0.05) is 10.6 Å². The zero-order valence-electron chi connectivity index (χ0n) is 7.90. The highest BCUT2D eigenvalue weighted by Crippen LogP contribution is 2.38. The number of amides is 1. The summed E-state index contributed by atoms with van der Waals surface area (Å²) < 4.78 is 0. The molecule has 2 rings (SSSR count). The quantitative estimate of drug-likeness (QED) is 0.542. The minimum Gasteiger partial charge on any atom is -0.395 e. The Morgan fingerprint density at radius 2 is 2.00 bits per heavy atom. The normalized spacial score (nSPS) is 17.4. The van der Waals surface area contributed by atoms with E-state index < -0.39 is 18.6 Å². The van der Waals surface area contributed by atoms with Crippen molar-refractivity contribution in [1.82, 2.24) is 0 Å². The molecule has 0 aliphatic carbocycles. The lowest BCUT2D eigenvalue weighted by Gasteiger charge is -2.21. The topological polar surface area (TPSA) is 69.6 Å². The van der Waals surface area contributed by atoms with Crippen LogP contribution in [0.25, 0.3) is 0 Å². The van der Waals surface area contributed by atoms with Crippen molar-refractivity contribution in [2.45, 2.75) is 10.3 Å². The molecule has 4 nitrogen and oxygen atoms in total. The Labute approximate surface area is 92.3 Å². The molecule has 1 aromatic carbocycles. The van der Waals surface area contributed by atoms with Gasteiger partial charge in [-0.3, -0.25) is 4.79 Å². The van der Waals surface area contributed by atoms with Gasteiger partial charge in [-0.2, -0.15) is 0 Å². The smallest absolute Gasteiger partial charge is 0.239 e. The molecule has 0 unspecified atom stereocenters. The highest BCUT2D eigenvalue weighted by molar-refractivity contribution is 7.80. The van der Waals surface area contributed by atoms with Crippen LogP contribution in [0.4, 0.5) is 5.69 Å². The maximum absolute atomic E-state index is 11.7. The van der Waals surface area contributed by atoms with Crippen molar-refractivity contribution >= 4 is 24.2 Å². The van der Waals surface area contributed by atoms with E-state index in [1.807, 2.05) is 0 Å². The van der Waals surface area contributed by atoms with E-state index in [4.69, 9.17) is 0 Å². The first-order chi connectivity index (χ1) is 7.14. The molecule has 1 aliphatic heterocycles. The van der Waals surface area contributed by atoms with Crippen LogP contribution in [0.15, 0.2) is 23.1 Å². The van der Waals surface area contributed by atoms with Crippen LogP contribution in [0.5, 0.6) is 0 Å². The number of fused-ring (bicyclic) bond motifs is 1. The number of thiol groups is 1. The van der Waals surface area contributed by atoms with Crippen LogP contribution in [0.2, 0.25) is 0 Å². The molecule has 80 valence electrons. The molecule has 0 saturated heterocycles. The molecule has 0 aromatic heterocycles. The average molecular weight is 225 g/mol. The van der Waals surface area contributed by atoms with Crippen molar-refractivity contribution < 1.29 is 15.0 Å². The third kappa shape index (κ3) is 1.35. The Hall–Kier alpha value is -1.04. The number of nitrogens with one attached hydrogen (secondary N) is 1. The van der Waals surface area contributed by atoms with Gasteiger partial charge in [0.05, 0.1) is 13.2 Å². The fourth-order valence-corrected chi connectivity index (χ4v) is 1.98. The molecule has 1 amide bonds. The summed E-state index contributed by atoms with van der Waals surface area (Å²) in [6.07, 6.45) is 0. The van der Waals surface area contributed by atoms with Crippen molar-refractivity contribution in [3.8, 4) is 0 Å². The SMILES string of the molecule is O=C1Nc2cc(S)ccc2C1(CO)CO. The van der Waals surface area contributed by atoms with Crippen molar-refractivity contribution in [3.63, 3.8) is 0 Å². The summed E-state index contributed by atoms with van der Waals surface area (Å²) in [5, 5.41) is 21.1. The molecule has 0 radical (unpaired) electrons. The van der Waals surface area contributed by atoms with E-state index in [1.165, 1.54) is 0 Å². The predicted molar refractivity (Wildman–Crippen MR) is 58.2 cm³/mol. The van der Waals surface area contributed by atoms with E-state index in [1.54, 1.807) is 18.2 Å². The first-order valence-corrected chi connectivity index (χ1v) is 4.95. The molecule has 15 heavy (non-hydrogen) atoms. The summed E-state index contributed by atoms with van der Waals surface area (Å²) in [6, 6.07) is 5.12. The summed E-state index contributed by atoms with van der Waals surface area (Å²) in [5.74, 6) is -0.374. The second-order valence-electron chi connectivity index (χ2n) is 3.58. The molecule has 0 spiro atoms. The Balaban J connectivity index is 2.59. The van der Waals surface area contributed by atoms with Gasteiger partial charge >= 0.3 is 0 Å². The van der Waals surface area contributed by atoms with Gasteiger partial charge in [0.2, 0.25) is 5.91 Å². The molecule has 0 fully saturated rings. The number of hydrogen-bond donors (Lipinski definition) is 4. The Bertz CT molecular complexity index is 415. The summed E-state index contributed by atoms with van der Waals surface area (Å²) >= 11 is 4.15. The highest BCUT2D eigenvalue weighted by atomic mass is 32.1. The Morgan fingerprint density at radius 3 is 2.60 bits per heavy atom. The van der Waals surface area contributed by atoms with E-state index in [0.29, 0.717) is 11.3 Å². The minimum absolute atomic E-state index is 0.374. The summed E-state index contributed by atoms with van der Waals surface area (Å²) in [5.41, 5.74) is 0.0162. The van der Waals surface area contributed by atoms with Gasteiger partial charge in [-0.05, 0) is 17.7 Å². The van der Waals surface area contributed by atoms with Crippen molar-refractivity contribution in [2.75, 3.05) is 18.5 Å². The molecule has 1 aliphatic rings. The lowest BCUT2D eigenvalue weighted by Crippen LogP contribution is -2.41. The molecule has 1 aromatic rings. The molecular formula is C10H11NO3S. The van der Waals surface area contributed by atoms with Gasteiger partial charge in [0.1, 0.15) is 5.41 Å². The molecule has 5 heteroatoms. The highest BCUT2D eigenvalue weighted by Gasteiger charge is 2.46. The van der Waals surface area contributed by atoms with E-state index in [-0.39, 0.29) is 5.91 Å². The van der Waals surface area contributed by atoms with Crippen LogP contribution in [0, 0.1) is 0 Å². The third-order valence-electron chi connectivity index (χ3n) is 2.74. The van der Waals surface area contributed by atoms with Gasteiger partial charge in [-0.25, -0.2) is 0 Å².